The fourth-order valence-electron chi connectivity index (χ4n) is 3.41. The zero-order chi connectivity index (χ0) is 20.3. The van der Waals surface area contributed by atoms with Gasteiger partial charge >= 0.3 is 0 Å². The molecule has 3 heterocycles. The molecule has 0 atom stereocenters. The monoisotopic (exact) mass is 412 g/mol. The van der Waals surface area contributed by atoms with Crippen LogP contribution in [-0.2, 0) is 16.6 Å². The maximum atomic E-state index is 12.5. The first-order valence-corrected chi connectivity index (χ1v) is 11.0. The number of hydrogen-bond donors (Lipinski definition) is 1. The van der Waals surface area contributed by atoms with Crippen molar-refractivity contribution in [1.29, 1.82) is 0 Å². The van der Waals surface area contributed by atoms with Crippen LogP contribution in [0.4, 0.5) is 11.5 Å². The molecule has 2 aromatic heterocycles. The van der Waals surface area contributed by atoms with Gasteiger partial charge in [-0.05, 0) is 42.8 Å². The van der Waals surface area contributed by atoms with Gasteiger partial charge in [-0.2, -0.15) is 0 Å². The molecule has 29 heavy (non-hydrogen) atoms. The molecule has 1 N–H and O–H groups in total. The summed E-state index contributed by atoms with van der Waals surface area (Å²) in [6, 6.07) is 12.4. The van der Waals surface area contributed by atoms with Gasteiger partial charge in [-0.1, -0.05) is 12.1 Å². The molecule has 1 aromatic carbocycles. The molecule has 152 valence electrons. The maximum absolute atomic E-state index is 12.5. The predicted molar refractivity (Wildman–Crippen MR) is 112 cm³/mol. The van der Waals surface area contributed by atoms with Crippen LogP contribution in [0.1, 0.15) is 11.1 Å². The third kappa shape index (κ3) is 4.78. The summed E-state index contributed by atoms with van der Waals surface area (Å²) in [6.07, 6.45) is 5.05. The number of anilines is 2. The number of pyridine rings is 1. The third-order valence-electron chi connectivity index (χ3n) is 4.98. The Hall–Kier alpha value is -2.84. The highest BCUT2D eigenvalue weighted by atomic mass is 32.2. The first-order chi connectivity index (χ1) is 14.0. The summed E-state index contributed by atoms with van der Waals surface area (Å²) in [5, 5.41) is 0. The Morgan fingerprint density at radius 3 is 2.59 bits per heavy atom. The molecule has 0 saturated carbocycles. The minimum atomic E-state index is -3.62. The van der Waals surface area contributed by atoms with Crippen LogP contribution >= 0.6 is 0 Å². The van der Waals surface area contributed by atoms with E-state index in [0.717, 1.165) is 44.1 Å². The number of nitrogens with zero attached hydrogens (tertiary/aromatic N) is 3. The van der Waals surface area contributed by atoms with Crippen LogP contribution in [-0.4, -0.2) is 44.5 Å². The first kappa shape index (κ1) is 19.5. The Morgan fingerprint density at radius 1 is 1.10 bits per heavy atom. The smallest absolute Gasteiger partial charge is 0.261 e. The van der Waals surface area contributed by atoms with Crippen molar-refractivity contribution in [1.82, 2.24) is 9.88 Å². The van der Waals surface area contributed by atoms with Crippen LogP contribution in [0.25, 0.3) is 0 Å². The number of hydrogen-bond acceptors (Lipinski definition) is 6. The number of rotatable bonds is 6. The Morgan fingerprint density at radius 2 is 1.93 bits per heavy atom. The molecule has 3 aromatic rings. The lowest BCUT2D eigenvalue weighted by Gasteiger charge is -2.35. The van der Waals surface area contributed by atoms with Crippen LogP contribution in [0.15, 0.2) is 70.5 Å². The van der Waals surface area contributed by atoms with Crippen molar-refractivity contribution in [2.45, 2.75) is 18.4 Å². The summed E-state index contributed by atoms with van der Waals surface area (Å²) in [4.78, 5) is 9.30. The number of benzene rings is 1. The van der Waals surface area contributed by atoms with Gasteiger partial charge in [0, 0.05) is 38.3 Å². The van der Waals surface area contributed by atoms with E-state index in [1.54, 1.807) is 43.0 Å². The third-order valence-corrected chi connectivity index (χ3v) is 6.36. The predicted octanol–water partition coefficient (Wildman–Crippen LogP) is 3.11. The van der Waals surface area contributed by atoms with E-state index in [4.69, 9.17) is 4.42 Å². The summed E-state index contributed by atoms with van der Waals surface area (Å²) in [6.45, 7) is 6.38. The fourth-order valence-corrected chi connectivity index (χ4v) is 4.55. The quantitative estimate of drug-likeness (QED) is 0.670. The zero-order valence-corrected chi connectivity index (χ0v) is 17.1. The normalized spacial score (nSPS) is 15.4. The summed E-state index contributed by atoms with van der Waals surface area (Å²) < 4.78 is 32.8. The van der Waals surface area contributed by atoms with Gasteiger partial charge in [-0.3, -0.25) is 9.62 Å². The molecule has 0 spiro atoms. The maximum Gasteiger partial charge on any atom is 0.261 e. The average molecular weight is 413 g/mol. The van der Waals surface area contributed by atoms with E-state index < -0.39 is 10.0 Å². The van der Waals surface area contributed by atoms with Crippen LogP contribution in [0.3, 0.4) is 0 Å². The van der Waals surface area contributed by atoms with Crippen LogP contribution in [0.2, 0.25) is 0 Å². The van der Waals surface area contributed by atoms with Gasteiger partial charge in [0.1, 0.15) is 5.82 Å². The number of piperazine rings is 1. The molecule has 1 saturated heterocycles. The van der Waals surface area contributed by atoms with Crippen molar-refractivity contribution in [2.24, 2.45) is 0 Å². The van der Waals surface area contributed by atoms with Gasteiger partial charge in [-0.15, -0.1) is 0 Å². The van der Waals surface area contributed by atoms with Crippen molar-refractivity contribution in [3.8, 4) is 0 Å². The molecule has 8 heteroatoms. The highest BCUT2D eigenvalue weighted by Crippen LogP contribution is 2.20. The summed E-state index contributed by atoms with van der Waals surface area (Å²) >= 11 is 0. The Labute approximate surface area is 171 Å². The average Bonchev–Trinajstić information content (AvgIpc) is 3.22. The standard InChI is InChI=1S/C21H24N4O3S/c1-17-3-2-4-20(13-17)29(26,27)23-19-5-6-21(22-14-19)25-10-8-24(9-11-25)15-18-7-12-28-16-18/h2-7,12-14,16,23H,8-11,15H2,1H3. The van der Waals surface area contributed by atoms with Gasteiger partial charge in [-0.25, -0.2) is 13.4 Å². The van der Waals surface area contributed by atoms with Crippen molar-refractivity contribution < 1.29 is 12.8 Å². The zero-order valence-electron chi connectivity index (χ0n) is 16.3. The summed E-state index contributed by atoms with van der Waals surface area (Å²) in [5.74, 6) is 0.853. The van der Waals surface area contributed by atoms with E-state index in [9.17, 15) is 8.42 Å². The van der Waals surface area contributed by atoms with Crippen molar-refractivity contribution in [2.75, 3.05) is 35.8 Å². The van der Waals surface area contributed by atoms with E-state index in [1.165, 1.54) is 5.56 Å². The molecule has 0 bridgehead atoms. The van der Waals surface area contributed by atoms with Crippen LogP contribution < -0.4 is 9.62 Å². The van der Waals surface area contributed by atoms with Gasteiger partial charge < -0.3 is 9.32 Å². The first-order valence-electron chi connectivity index (χ1n) is 9.53. The SMILES string of the molecule is Cc1cccc(S(=O)(=O)Nc2ccc(N3CCN(Cc4ccoc4)CC3)nc2)c1. The minimum Gasteiger partial charge on any atom is -0.472 e. The largest absolute Gasteiger partial charge is 0.472 e. The molecule has 0 radical (unpaired) electrons. The lowest BCUT2D eigenvalue weighted by atomic mass is 10.2. The van der Waals surface area contributed by atoms with Gasteiger partial charge in [0.2, 0.25) is 0 Å². The lowest BCUT2D eigenvalue weighted by Crippen LogP contribution is -2.46. The molecule has 1 aliphatic heterocycles. The van der Waals surface area contributed by atoms with Crippen molar-refractivity contribution in [3.63, 3.8) is 0 Å². The molecule has 0 unspecified atom stereocenters. The highest BCUT2D eigenvalue weighted by Gasteiger charge is 2.19. The summed E-state index contributed by atoms with van der Waals surface area (Å²) in [7, 11) is -3.62. The van der Waals surface area contributed by atoms with Gasteiger partial charge in [0.05, 0.1) is 29.3 Å². The van der Waals surface area contributed by atoms with E-state index in [-0.39, 0.29) is 4.90 Å². The Bertz CT molecular complexity index is 1040. The van der Waals surface area contributed by atoms with Crippen LogP contribution in [0.5, 0.6) is 0 Å². The molecule has 1 fully saturated rings. The number of aromatic nitrogens is 1. The Balaban J connectivity index is 1.36. The molecule has 0 amide bonds. The molecular formula is C21H24N4O3S. The molecule has 4 rings (SSSR count). The second kappa shape index (κ2) is 8.26. The number of furan rings is 1. The number of aryl methyl sites for hydroxylation is 1. The van der Waals surface area contributed by atoms with Gasteiger partial charge in [0.15, 0.2) is 0 Å². The van der Waals surface area contributed by atoms with E-state index in [2.05, 4.69) is 19.5 Å². The van der Waals surface area contributed by atoms with Gasteiger partial charge in [0.25, 0.3) is 10.0 Å². The minimum absolute atomic E-state index is 0.246. The fraction of sp³-hybridized carbons (Fsp3) is 0.286. The van der Waals surface area contributed by atoms with Crippen LogP contribution in [0, 0.1) is 6.92 Å². The topological polar surface area (TPSA) is 78.7 Å². The van der Waals surface area contributed by atoms with E-state index >= 15 is 0 Å². The lowest BCUT2D eigenvalue weighted by molar-refractivity contribution is 0.248. The number of sulfonamides is 1. The van der Waals surface area contributed by atoms with Crippen molar-refractivity contribution in [3.05, 3.63) is 72.3 Å². The molecule has 1 aliphatic rings. The van der Waals surface area contributed by atoms with E-state index in [0.29, 0.717) is 5.69 Å². The Kier molecular flexibility index (Phi) is 5.55. The summed E-state index contributed by atoms with van der Waals surface area (Å²) in [5.41, 5.74) is 2.53. The molecule has 7 nitrogen and oxygen atoms in total. The second-order valence-electron chi connectivity index (χ2n) is 7.22. The van der Waals surface area contributed by atoms with E-state index in [1.807, 2.05) is 25.1 Å². The number of nitrogens with one attached hydrogen (secondary N) is 1. The second-order valence-corrected chi connectivity index (χ2v) is 8.90. The molecule has 0 aliphatic carbocycles. The van der Waals surface area contributed by atoms with Crippen molar-refractivity contribution >= 4 is 21.5 Å². The highest BCUT2D eigenvalue weighted by molar-refractivity contribution is 7.92. The molecular weight excluding hydrogens is 388 g/mol.